The molecule has 0 atom stereocenters. The van der Waals surface area contributed by atoms with Gasteiger partial charge in [0, 0.05) is 12.7 Å². The van der Waals surface area contributed by atoms with E-state index in [4.69, 9.17) is 15.6 Å². The third kappa shape index (κ3) is 4.03. The van der Waals surface area contributed by atoms with Crippen LogP contribution in [0.4, 0.5) is 24.9 Å². The maximum absolute atomic E-state index is 13.2. The van der Waals surface area contributed by atoms with Gasteiger partial charge in [-0.15, -0.1) is 0 Å². The van der Waals surface area contributed by atoms with Crippen LogP contribution < -0.4 is 21.6 Å². The quantitative estimate of drug-likeness (QED) is 0.455. The summed E-state index contributed by atoms with van der Waals surface area (Å²) < 4.78 is 44.6. The number of aromatic nitrogens is 1. The van der Waals surface area contributed by atoms with Gasteiger partial charge in [-0.2, -0.15) is 18.2 Å². The van der Waals surface area contributed by atoms with Crippen LogP contribution in [0.15, 0.2) is 51.7 Å². The Balaban J connectivity index is 2.05. The maximum atomic E-state index is 13.2. The number of nitrogens with zero attached hydrogens (tertiary/aromatic N) is 2. The van der Waals surface area contributed by atoms with Gasteiger partial charge in [-0.1, -0.05) is 12.1 Å². The van der Waals surface area contributed by atoms with E-state index in [2.05, 4.69) is 10.3 Å². The van der Waals surface area contributed by atoms with Crippen LogP contribution in [0, 0.1) is 5.41 Å². The van der Waals surface area contributed by atoms with Crippen molar-refractivity contribution in [1.82, 2.24) is 4.98 Å². The Morgan fingerprint density at radius 1 is 1.24 bits per heavy atom. The second kappa shape index (κ2) is 7.26. The molecule has 0 saturated carbocycles. The SMILES string of the molecule is CN(C(=O)c1ccccc1C(F)(F)F)c1nc2cc(NC(=N)N)ccc2c(=O)o1. The number of benzene rings is 2. The van der Waals surface area contributed by atoms with E-state index < -0.39 is 34.9 Å². The molecule has 0 unspecified atom stereocenters. The van der Waals surface area contributed by atoms with Crippen molar-refractivity contribution in [2.75, 3.05) is 17.3 Å². The van der Waals surface area contributed by atoms with Gasteiger partial charge in [-0.25, -0.2) is 4.79 Å². The van der Waals surface area contributed by atoms with Crippen molar-refractivity contribution in [1.29, 1.82) is 5.41 Å². The topological polar surface area (TPSA) is 125 Å². The molecule has 0 spiro atoms. The summed E-state index contributed by atoms with van der Waals surface area (Å²) in [4.78, 5) is 29.6. The molecule has 1 aromatic heterocycles. The highest BCUT2D eigenvalue weighted by Crippen LogP contribution is 2.32. The first kappa shape index (κ1) is 19.9. The van der Waals surface area contributed by atoms with E-state index in [9.17, 15) is 22.8 Å². The zero-order chi connectivity index (χ0) is 21.3. The molecule has 0 aliphatic rings. The number of halogens is 3. The van der Waals surface area contributed by atoms with Crippen LogP contribution in [-0.4, -0.2) is 23.9 Å². The lowest BCUT2D eigenvalue weighted by molar-refractivity contribution is -0.137. The van der Waals surface area contributed by atoms with Gasteiger partial charge in [0.2, 0.25) is 0 Å². The predicted molar refractivity (Wildman–Crippen MR) is 100.0 cm³/mol. The van der Waals surface area contributed by atoms with Gasteiger partial charge in [0.1, 0.15) is 0 Å². The molecule has 4 N–H and O–H groups in total. The van der Waals surface area contributed by atoms with E-state index in [1.54, 1.807) is 0 Å². The van der Waals surface area contributed by atoms with E-state index in [0.29, 0.717) is 5.69 Å². The van der Waals surface area contributed by atoms with Crippen LogP contribution in [0.1, 0.15) is 15.9 Å². The first-order valence-electron chi connectivity index (χ1n) is 8.08. The lowest BCUT2D eigenvalue weighted by Gasteiger charge is -2.18. The van der Waals surface area contributed by atoms with Crippen molar-refractivity contribution >= 4 is 34.5 Å². The standard InChI is InChI=1S/C18H14F3N5O3/c1-26(14(27)10-4-2-3-5-12(10)18(19,20)21)17-25-13-8-9(24-16(22)23)6-7-11(13)15(28)29-17/h2-8H,1H3,(H4,22,23,24). The number of rotatable bonds is 3. The van der Waals surface area contributed by atoms with E-state index in [1.807, 2.05) is 0 Å². The number of nitrogens with two attached hydrogens (primary N) is 1. The molecule has 2 aromatic carbocycles. The van der Waals surface area contributed by atoms with Gasteiger partial charge in [0.05, 0.1) is 22.0 Å². The van der Waals surface area contributed by atoms with Crippen molar-refractivity contribution in [2.24, 2.45) is 5.73 Å². The number of hydrogen-bond acceptors (Lipinski definition) is 5. The number of anilines is 2. The summed E-state index contributed by atoms with van der Waals surface area (Å²) in [6.07, 6.45) is -4.74. The minimum absolute atomic E-state index is 0.0828. The van der Waals surface area contributed by atoms with Crippen molar-refractivity contribution in [3.63, 3.8) is 0 Å². The zero-order valence-corrected chi connectivity index (χ0v) is 14.9. The normalized spacial score (nSPS) is 11.3. The first-order chi connectivity index (χ1) is 13.6. The maximum Gasteiger partial charge on any atom is 0.417 e. The van der Waals surface area contributed by atoms with E-state index in [1.165, 1.54) is 24.3 Å². The highest BCUT2D eigenvalue weighted by atomic mass is 19.4. The molecule has 0 fully saturated rings. The molecular weight excluding hydrogens is 391 g/mol. The molecule has 0 radical (unpaired) electrons. The molecule has 150 valence electrons. The molecule has 3 rings (SSSR count). The smallest absolute Gasteiger partial charge is 0.388 e. The van der Waals surface area contributed by atoms with Crippen LogP contribution in [0.5, 0.6) is 0 Å². The van der Waals surface area contributed by atoms with Crippen LogP contribution in [0.2, 0.25) is 0 Å². The van der Waals surface area contributed by atoms with E-state index >= 15 is 0 Å². The molecule has 0 aliphatic carbocycles. The summed E-state index contributed by atoms with van der Waals surface area (Å²) in [6.45, 7) is 0. The number of alkyl halides is 3. The van der Waals surface area contributed by atoms with Gasteiger partial charge >= 0.3 is 17.8 Å². The van der Waals surface area contributed by atoms with Crippen molar-refractivity contribution < 1.29 is 22.4 Å². The van der Waals surface area contributed by atoms with Crippen LogP contribution >= 0.6 is 0 Å². The number of fused-ring (bicyclic) bond motifs is 1. The van der Waals surface area contributed by atoms with Crippen molar-refractivity contribution in [2.45, 2.75) is 6.18 Å². The fourth-order valence-electron chi connectivity index (χ4n) is 2.62. The summed E-state index contributed by atoms with van der Waals surface area (Å²) in [5.74, 6) is -1.39. The average molecular weight is 405 g/mol. The summed E-state index contributed by atoms with van der Waals surface area (Å²) in [5, 5.41) is 9.84. The van der Waals surface area contributed by atoms with Gasteiger partial charge in [0.15, 0.2) is 5.96 Å². The Morgan fingerprint density at radius 3 is 2.59 bits per heavy atom. The number of amides is 1. The highest BCUT2D eigenvalue weighted by molar-refractivity contribution is 6.06. The number of hydrogen-bond donors (Lipinski definition) is 3. The summed E-state index contributed by atoms with van der Waals surface area (Å²) >= 11 is 0. The predicted octanol–water partition coefficient (Wildman–Crippen LogP) is 2.79. The monoisotopic (exact) mass is 405 g/mol. The summed E-state index contributed by atoms with van der Waals surface area (Å²) in [7, 11) is 1.14. The first-order valence-corrected chi connectivity index (χ1v) is 8.08. The molecule has 0 saturated heterocycles. The van der Waals surface area contributed by atoms with Crippen molar-refractivity contribution in [3.8, 4) is 0 Å². The second-order valence-electron chi connectivity index (χ2n) is 5.96. The highest BCUT2D eigenvalue weighted by Gasteiger charge is 2.36. The lowest BCUT2D eigenvalue weighted by atomic mass is 10.1. The second-order valence-corrected chi connectivity index (χ2v) is 5.96. The minimum atomic E-state index is -4.74. The van der Waals surface area contributed by atoms with Gasteiger partial charge < -0.3 is 15.5 Å². The third-order valence-corrected chi connectivity index (χ3v) is 3.95. The Bertz CT molecular complexity index is 1170. The minimum Gasteiger partial charge on any atom is -0.388 e. The fraction of sp³-hybridized carbons (Fsp3) is 0.111. The van der Waals surface area contributed by atoms with E-state index in [0.717, 1.165) is 30.1 Å². The molecule has 0 bridgehead atoms. The molecule has 0 aliphatic heterocycles. The number of carbonyl (C=O) groups excluding carboxylic acids is 1. The van der Waals surface area contributed by atoms with E-state index in [-0.39, 0.29) is 16.9 Å². The molecule has 3 aromatic rings. The van der Waals surface area contributed by atoms with Gasteiger partial charge in [-0.05, 0) is 30.3 Å². The van der Waals surface area contributed by atoms with Crippen LogP contribution in [0.3, 0.4) is 0 Å². The zero-order valence-electron chi connectivity index (χ0n) is 14.9. The Morgan fingerprint density at radius 2 is 1.93 bits per heavy atom. The molecule has 1 amide bonds. The van der Waals surface area contributed by atoms with Crippen molar-refractivity contribution in [3.05, 3.63) is 64.0 Å². The molecule has 1 heterocycles. The average Bonchev–Trinajstić information content (AvgIpc) is 2.65. The molecule has 11 heteroatoms. The Labute approximate surface area is 161 Å². The number of nitrogens with one attached hydrogen (secondary N) is 2. The molecule has 29 heavy (non-hydrogen) atoms. The largest absolute Gasteiger partial charge is 0.417 e. The molecule has 8 nitrogen and oxygen atoms in total. The summed E-state index contributed by atoms with van der Waals surface area (Å²) in [5.41, 5.74) is 3.15. The number of carbonyl (C=O) groups is 1. The third-order valence-electron chi connectivity index (χ3n) is 3.95. The Hall–Kier alpha value is -3.89. The van der Waals surface area contributed by atoms with Crippen LogP contribution in [0.25, 0.3) is 10.9 Å². The summed E-state index contributed by atoms with van der Waals surface area (Å²) in [6, 6.07) is 8.02. The fourth-order valence-corrected chi connectivity index (χ4v) is 2.62. The molecular formula is C18H14F3N5O3. The van der Waals surface area contributed by atoms with Gasteiger partial charge in [0.25, 0.3) is 5.91 Å². The van der Waals surface area contributed by atoms with Gasteiger partial charge in [-0.3, -0.25) is 15.1 Å². The number of guanidine groups is 1. The Kier molecular flexibility index (Phi) is 4.97. The lowest BCUT2D eigenvalue weighted by Crippen LogP contribution is -2.30. The van der Waals surface area contributed by atoms with Crippen LogP contribution in [-0.2, 0) is 6.18 Å².